The topological polar surface area (TPSA) is 89.4 Å². The normalized spacial score (nSPS) is 16.0. The SMILES string of the molecule is Cc1cc(N2C(=O)c3oc4ccc(Cl)cc4c(=O)c3[C@@H]2c2cccnc2)no1. The van der Waals surface area contributed by atoms with Gasteiger partial charge >= 0.3 is 0 Å². The van der Waals surface area contributed by atoms with Crippen LogP contribution in [0, 0.1) is 6.92 Å². The molecule has 1 aliphatic heterocycles. The molecule has 0 saturated carbocycles. The summed E-state index contributed by atoms with van der Waals surface area (Å²) in [6.45, 7) is 1.73. The van der Waals surface area contributed by atoms with Crippen LogP contribution < -0.4 is 10.3 Å². The molecule has 1 aromatic carbocycles. The van der Waals surface area contributed by atoms with E-state index in [4.69, 9.17) is 20.5 Å². The van der Waals surface area contributed by atoms with Crippen LogP contribution in [0.5, 0.6) is 0 Å². The van der Waals surface area contributed by atoms with Gasteiger partial charge in [-0.1, -0.05) is 22.8 Å². The van der Waals surface area contributed by atoms with E-state index >= 15 is 0 Å². The summed E-state index contributed by atoms with van der Waals surface area (Å²) in [5.41, 5.74) is 0.866. The predicted octanol–water partition coefficient (Wildman–Crippen LogP) is 3.89. The second-order valence-electron chi connectivity index (χ2n) is 6.47. The van der Waals surface area contributed by atoms with Crippen LogP contribution in [0.3, 0.4) is 0 Å². The molecule has 0 radical (unpaired) electrons. The molecule has 0 unspecified atom stereocenters. The van der Waals surface area contributed by atoms with Crippen LogP contribution in [0.2, 0.25) is 5.02 Å². The van der Waals surface area contributed by atoms with E-state index in [0.29, 0.717) is 33.1 Å². The van der Waals surface area contributed by atoms with E-state index in [2.05, 4.69) is 10.1 Å². The first kappa shape index (κ1) is 16.7. The minimum Gasteiger partial charge on any atom is -0.450 e. The number of benzene rings is 1. The molecule has 5 rings (SSSR count). The zero-order valence-electron chi connectivity index (χ0n) is 14.5. The fraction of sp³-hybridized carbons (Fsp3) is 0.100. The number of pyridine rings is 1. The Morgan fingerprint density at radius 3 is 2.75 bits per heavy atom. The molecule has 4 aromatic rings. The molecular weight excluding hydrogens is 382 g/mol. The number of halogens is 1. The van der Waals surface area contributed by atoms with Crippen molar-refractivity contribution in [2.24, 2.45) is 0 Å². The van der Waals surface area contributed by atoms with E-state index in [1.54, 1.807) is 49.6 Å². The van der Waals surface area contributed by atoms with Crippen molar-refractivity contribution in [1.29, 1.82) is 0 Å². The molecule has 0 bridgehead atoms. The number of aryl methyl sites for hydroxylation is 1. The quantitative estimate of drug-likeness (QED) is 0.513. The highest BCUT2D eigenvalue weighted by Crippen LogP contribution is 2.40. The maximum atomic E-state index is 13.3. The molecule has 0 saturated heterocycles. The van der Waals surface area contributed by atoms with Gasteiger partial charge in [0.05, 0.1) is 17.0 Å². The highest BCUT2D eigenvalue weighted by molar-refractivity contribution is 6.31. The van der Waals surface area contributed by atoms with Gasteiger partial charge in [0.25, 0.3) is 5.91 Å². The molecule has 4 heterocycles. The molecule has 138 valence electrons. The minimum atomic E-state index is -0.736. The Morgan fingerprint density at radius 2 is 2.04 bits per heavy atom. The van der Waals surface area contributed by atoms with Gasteiger partial charge in [0.1, 0.15) is 11.3 Å². The van der Waals surface area contributed by atoms with Crippen molar-refractivity contribution in [2.45, 2.75) is 13.0 Å². The van der Waals surface area contributed by atoms with Crippen molar-refractivity contribution in [3.63, 3.8) is 0 Å². The van der Waals surface area contributed by atoms with E-state index in [-0.39, 0.29) is 16.8 Å². The van der Waals surface area contributed by atoms with Gasteiger partial charge in [0.2, 0.25) is 5.76 Å². The number of rotatable bonds is 2. The number of fused-ring (bicyclic) bond motifs is 2. The molecule has 0 N–H and O–H groups in total. The maximum absolute atomic E-state index is 13.3. The summed E-state index contributed by atoms with van der Waals surface area (Å²) >= 11 is 6.06. The molecule has 7 nitrogen and oxygen atoms in total. The number of amides is 1. The van der Waals surface area contributed by atoms with Gasteiger partial charge in [-0.3, -0.25) is 19.5 Å². The summed E-state index contributed by atoms with van der Waals surface area (Å²) in [6, 6.07) is 9.15. The van der Waals surface area contributed by atoms with Gasteiger partial charge in [-0.2, -0.15) is 0 Å². The van der Waals surface area contributed by atoms with Crippen molar-refractivity contribution in [3.05, 3.63) is 86.7 Å². The largest absolute Gasteiger partial charge is 0.450 e. The Labute approximate surface area is 163 Å². The van der Waals surface area contributed by atoms with Crippen molar-refractivity contribution in [2.75, 3.05) is 4.90 Å². The van der Waals surface area contributed by atoms with Gasteiger partial charge in [0.15, 0.2) is 11.2 Å². The highest BCUT2D eigenvalue weighted by atomic mass is 35.5. The lowest BCUT2D eigenvalue weighted by Gasteiger charge is -2.21. The third-order valence-electron chi connectivity index (χ3n) is 4.69. The first-order valence-corrected chi connectivity index (χ1v) is 8.85. The molecule has 1 amide bonds. The van der Waals surface area contributed by atoms with Gasteiger partial charge in [-0.15, -0.1) is 0 Å². The summed E-state index contributed by atoms with van der Waals surface area (Å²) in [6.07, 6.45) is 3.23. The van der Waals surface area contributed by atoms with Crippen LogP contribution in [0.15, 0.2) is 62.5 Å². The summed E-state index contributed by atoms with van der Waals surface area (Å²) < 4.78 is 11.0. The molecule has 1 atom stereocenters. The van der Waals surface area contributed by atoms with Crippen LogP contribution in [-0.4, -0.2) is 16.0 Å². The predicted molar refractivity (Wildman–Crippen MR) is 102 cm³/mol. The van der Waals surface area contributed by atoms with E-state index in [1.807, 2.05) is 0 Å². The summed E-state index contributed by atoms with van der Waals surface area (Å²) in [5.74, 6) is 0.351. The Balaban J connectivity index is 1.84. The third kappa shape index (κ3) is 2.36. The van der Waals surface area contributed by atoms with E-state index in [1.165, 1.54) is 11.0 Å². The molecule has 28 heavy (non-hydrogen) atoms. The van der Waals surface area contributed by atoms with Gasteiger partial charge in [0, 0.05) is 23.5 Å². The Bertz CT molecular complexity index is 1300. The van der Waals surface area contributed by atoms with Gasteiger partial charge in [-0.05, 0) is 36.8 Å². The lowest BCUT2D eigenvalue weighted by molar-refractivity contribution is 0.0969. The number of carbonyl (C=O) groups is 1. The zero-order valence-corrected chi connectivity index (χ0v) is 15.3. The number of hydrogen-bond donors (Lipinski definition) is 0. The summed E-state index contributed by atoms with van der Waals surface area (Å²) in [7, 11) is 0. The smallest absolute Gasteiger partial charge is 0.296 e. The molecule has 0 fully saturated rings. The number of carbonyl (C=O) groups excluding carboxylic acids is 1. The summed E-state index contributed by atoms with van der Waals surface area (Å²) in [4.78, 5) is 32.1. The van der Waals surface area contributed by atoms with Gasteiger partial charge in [-0.25, -0.2) is 0 Å². The first-order valence-electron chi connectivity index (χ1n) is 8.47. The van der Waals surface area contributed by atoms with Crippen LogP contribution in [0.4, 0.5) is 5.82 Å². The first-order chi connectivity index (χ1) is 13.5. The monoisotopic (exact) mass is 393 g/mol. The lowest BCUT2D eigenvalue weighted by Crippen LogP contribution is -2.29. The lowest BCUT2D eigenvalue weighted by atomic mass is 10.00. The Hall–Kier alpha value is -3.45. The van der Waals surface area contributed by atoms with Crippen molar-refractivity contribution in [3.8, 4) is 0 Å². The van der Waals surface area contributed by atoms with E-state index in [9.17, 15) is 9.59 Å². The molecule has 3 aromatic heterocycles. The Morgan fingerprint density at radius 1 is 1.18 bits per heavy atom. The second-order valence-corrected chi connectivity index (χ2v) is 6.91. The zero-order chi connectivity index (χ0) is 19.4. The van der Waals surface area contributed by atoms with E-state index < -0.39 is 11.9 Å². The van der Waals surface area contributed by atoms with Gasteiger partial charge < -0.3 is 8.94 Å². The average Bonchev–Trinajstić information content (AvgIpc) is 3.24. The number of aromatic nitrogens is 2. The van der Waals surface area contributed by atoms with Crippen LogP contribution in [0.25, 0.3) is 11.0 Å². The fourth-order valence-corrected chi connectivity index (χ4v) is 3.67. The number of hydrogen-bond acceptors (Lipinski definition) is 6. The number of nitrogens with zero attached hydrogens (tertiary/aromatic N) is 3. The number of anilines is 1. The van der Waals surface area contributed by atoms with Crippen molar-refractivity contribution in [1.82, 2.24) is 10.1 Å². The van der Waals surface area contributed by atoms with Crippen molar-refractivity contribution < 1.29 is 13.7 Å². The molecule has 8 heteroatoms. The standard InChI is InChI=1S/C20H12ClN3O4/c1-10-7-15(23-28-10)24-17(11-3-2-6-22-9-11)16-18(25)13-8-12(21)4-5-14(13)27-19(16)20(24)26/h2-9,17H,1H3/t17-/m0/s1. The van der Waals surface area contributed by atoms with E-state index in [0.717, 1.165) is 0 Å². The van der Waals surface area contributed by atoms with Crippen LogP contribution in [0.1, 0.15) is 33.5 Å². The Kier molecular flexibility index (Phi) is 3.60. The van der Waals surface area contributed by atoms with Crippen molar-refractivity contribution >= 4 is 34.3 Å². The highest BCUT2D eigenvalue weighted by Gasteiger charge is 2.45. The third-order valence-corrected chi connectivity index (χ3v) is 4.93. The summed E-state index contributed by atoms with van der Waals surface area (Å²) in [5, 5.41) is 4.68. The maximum Gasteiger partial charge on any atom is 0.296 e. The minimum absolute atomic E-state index is 0.0191. The molecule has 0 spiro atoms. The molecule has 0 aliphatic carbocycles. The average molecular weight is 394 g/mol. The van der Waals surface area contributed by atoms with Crippen LogP contribution in [-0.2, 0) is 0 Å². The van der Waals surface area contributed by atoms with Crippen LogP contribution >= 0.6 is 11.6 Å². The molecule has 1 aliphatic rings. The molecular formula is C20H12ClN3O4. The second kappa shape index (κ2) is 6.03. The fourth-order valence-electron chi connectivity index (χ4n) is 3.50.